The number of carbonyl (C=O) groups excluding carboxylic acids is 2. The van der Waals surface area contributed by atoms with Gasteiger partial charge in [-0.1, -0.05) is 13.8 Å². The monoisotopic (exact) mass is 363 g/mol. The van der Waals surface area contributed by atoms with Gasteiger partial charge in [0.2, 0.25) is 5.91 Å². The minimum absolute atomic E-state index is 0.0520. The molecule has 4 fully saturated rings. The molecule has 8 atom stereocenters. The summed E-state index contributed by atoms with van der Waals surface area (Å²) in [5.74, 6) is 0.911. The predicted octanol–water partition coefficient (Wildman–Crippen LogP) is 2.66. The molecule has 146 valence electrons. The maximum absolute atomic E-state index is 12.9. The Bertz CT molecular complexity index is 607. The van der Waals surface area contributed by atoms with E-state index in [4.69, 9.17) is 4.74 Å². The predicted molar refractivity (Wildman–Crippen MR) is 97.1 cm³/mol. The summed E-state index contributed by atoms with van der Waals surface area (Å²) < 4.78 is 5.46. The van der Waals surface area contributed by atoms with Crippen molar-refractivity contribution in [1.82, 2.24) is 5.32 Å². The summed E-state index contributed by atoms with van der Waals surface area (Å²) in [5.41, 5.74) is -0.0243. The van der Waals surface area contributed by atoms with Crippen LogP contribution in [0.2, 0.25) is 0 Å². The Kier molecular flexibility index (Phi) is 4.37. The smallest absolute Gasteiger partial charge is 0.309 e. The molecule has 0 radical (unpaired) electrons. The largest absolute Gasteiger partial charge is 0.466 e. The highest BCUT2D eigenvalue weighted by Gasteiger charge is 2.64. The first-order chi connectivity index (χ1) is 12.3. The first-order valence-electron chi connectivity index (χ1n) is 10.5. The van der Waals surface area contributed by atoms with Crippen LogP contribution in [0.5, 0.6) is 0 Å². The SMILES string of the molecule is CCOC(=O)C1CC2NC(=O)CC[C@]2(C)[C@@H]2CC[C@]3(C)C(O)CC[C@H]3[C@H]12. The average molecular weight is 363 g/mol. The molecule has 4 rings (SSSR count). The number of aliphatic hydroxyl groups excluding tert-OH is 1. The molecule has 0 bridgehead atoms. The lowest BCUT2D eigenvalue weighted by molar-refractivity contribution is -0.174. The summed E-state index contributed by atoms with van der Waals surface area (Å²) >= 11 is 0. The van der Waals surface area contributed by atoms with Crippen LogP contribution < -0.4 is 5.32 Å². The molecule has 3 aliphatic carbocycles. The molecule has 1 aliphatic heterocycles. The number of nitrogens with one attached hydrogen (secondary N) is 1. The second-order valence-corrected chi connectivity index (χ2v) is 9.65. The van der Waals surface area contributed by atoms with Gasteiger partial charge in [0.05, 0.1) is 18.6 Å². The molecule has 3 unspecified atom stereocenters. The quantitative estimate of drug-likeness (QED) is 0.740. The summed E-state index contributed by atoms with van der Waals surface area (Å²) in [6.07, 6.45) is 5.83. The van der Waals surface area contributed by atoms with Crippen LogP contribution in [0.1, 0.15) is 65.7 Å². The van der Waals surface area contributed by atoms with Gasteiger partial charge < -0.3 is 15.2 Å². The van der Waals surface area contributed by atoms with Gasteiger partial charge >= 0.3 is 5.97 Å². The van der Waals surface area contributed by atoms with Crippen LogP contribution in [0.15, 0.2) is 0 Å². The highest BCUT2D eigenvalue weighted by atomic mass is 16.5. The first kappa shape index (κ1) is 18.3. The summed E-state index contributed by atoms with van der Waals surface area (Å²) in [4.78, 5) is 24.9. The van der Waals surface area contributed by atoms with Crippen molar-refractivity contribution in [1.29, 1.82) is 0 Å². The van der Waals surface area contributed by atoms with Crippen LogP contribution in [0, 0.1) is 34.5 Å². The Hall–Kier alpha value is -1.10. The average Bonchev–Trinajstić information content (AvgIpc) is 2.90. The van der Waals surface area contributed by atoms with Crippen LogP contribution in [0.4, 0.5) is 0 Å². The van der Waals surface area contributed by atoms with Crippen molar-refractivity contribution in [2.45, 2.75) is 77.9 Å². The van der Waals surface area contributed by atoms with E-state index in [0.717, 1.165) is 32.1 Å². The second-order valence-electron chi connectivity index (χ2n) is 9.65. The lowest BCUT2D eigenvalue weighted by Crippen LogP contribution is -2.64. The standard InChI is InChI=1S/C21H33NO4/c1-4-26-19(25)12-11-15-20(2,10-8-17(24)22-15)14-7-9-21(3)13(18(12)14)5-6-16(21)23/h12-16,18,23H,4-11H2,1-3H3,(H,22,24)/t12?,13-,14+,15?,16?,18-,20+,21-/m0/s1. The van der Waals surface area contributed by atoms with Crippen molar-refractivity contribution in [2.75, 3.05) is 6.61 Å². The molecule has 4 aliphatic rings. The second kappa shape index (κ2) is 6.22. The van der Waals surface area contributed by atoms with Crippen LogP contribution >= 0.6 is 0 Å². The highest BCUT2D eigenvalue weighted by Crippen LogP contribution is 2.65. The maximum Gasteiger partial charge on any atom is 0.309 e. The molecule has 0 aromatic heterocycles. The van der Waals surface area contributed by atoms with E-state index < -0.39 is 0 Å². The molecule has 26 heavy (non-hydrogen) atoms. The summed E-state index contributed by atoms with van der Waals surface area (Å²) in [5, 5.41) is 13.9. The number of piperidine rings is 1. The fraction of sp³-hybridized carbons (Fsp3) is 0.905. The van der Waals surface area contributed by atoms with Crippen molar-refractivity contribution >= 4 is 11.9 Å². The van der Waals surface area contributed by atoms with Crippen LogP contribution in [-0.4, -0.2) is 35.7 Å². The van der Waals surface area contributed by atoms with Gasteiger partial charge in [0.15, 0.2) is 0 Å². The fourth-order valence-electron chi connectivity index (χ4n) is 7.17. The normalized spacial score (nSPS) is 50.2. The van der Waals surface area contributed by atoms with Gasteiger partial charge in [0, 0.05) is 12.5 Å². The Morgan fingerprint density at radius 3 is 2.65 bits per heavy atom. The van der Waals surface area contributed by atoms with E-state index in [0.29, 0.717) is 31.3 Å². The molecule has 1 heterocycles. The summed E-state index contributed by atoms with van der Waals surface area (Å²) in [6.45, 7) is 6.80. The molecular formula is C21H33NO4. The number of amides is 1. The number of aliphatic hydroxyl groups is 1. The molecular weight excluding hydrogens is 330 g/mol. The van der Waals surface area contributed by atoms with Crippen molar-refractivity contribution in [3.05, 3.63) is 0 Å². The zero-order chi connectivity index (χ0) is 18.7. The van der Waals surface area contributed by atoms with Gasteiger partial charge in [-0.2, -0.15) is 0 Å². The lowest BCUT2D eigenvalue weighted by atomic mass is 9.45. The topological polar surface area (TPSA) is 75.6 Å². The number of hydrogen-bond acceptors (Lipinski definition) is 4. The van der Waals surface area contributed by atoms with E-state index in [-0.39, 0.29) is 46.7 Å². The zero-order valence-corrected chi connectivity index (χ0v) is 16.3. The molecule has 5 heteroatoms. The number of carbonyl (C=O) groups is 2. The molecule has 1 amide bonds. The third-order valence-electron chi connectivity index (χ3n) is 8.70. The molecule has 3 saturated carbocycles. The van der Waals surface area contributed by atoms with Crippen molar-refractivity contribution < 1.29 is 19.4 Å². The summed E-state index contributed by atoms with van der Waals surface area (Å²) in [6, 6.07) is 0.0649. The maximum atomic E-state index is 12.9. The van der Waals surface area contributed by atoms with Crippen molar-refractivity contribution in [2.24, 2.45) is 34.5 Å². The third-order valence-corrected chi connectivity index (χ3v) is 8.70. The Morgan fingerprint density at radius 2 is 1.92 bits per heavy atom. The number of rotatable bonds is 2. The van der Waals surface area contributed by atoms with E-state index in [9.17, 15) is 14.7 Å². The van der Waals surface area contributed by atoms with Gasteiger partial charge in [-0.25, -0.2) is 0 Å². The molecule has 0 spiro atoms. The first-order valence-corrected chi connectivity index (χ1v) is 10.5. The number of esters is 1. The van der Waals surface area contributed by atoms with Crippen LogP contribution in [0.25, 0.3) is 0 Å². The Labute approximate surface area is 156 Å². The van der Waals surface area contributed by atoms with Crippen LogP contribution in [-0.2, 0) is 14.3 Å². The Morgan fingerprint density at radius 1 is 1.19 bits per heavy atom. The fourth-order valence-corrected chi connectivity index (χ4v) is 7.17. The van der Waals surface area contributed by atoms with E-state index >= 15 is 0 Å². The molecule has 2 N–H and O–H groups in total. The van der Waals surface area contributed by atoms with E-state index in [1.165, 1.54) is 0 Å². The number of ether oxygens (including phenoxy) is 1. The zero-order valence-electron chi connectivity index (χ0n) is 16.3. The van der Waals surface area contributed by atoms with Gasteiger partial charge in [-0.15, -0.1) is 0 Å². The van der Waals surface area contributed by atoms with Gasteiger partial charge in [-0.05, 0) is 74.0 Å². The van der Waals surface area contributed by atoms with E-state index in [1.807, 2.05) is 6.92 Å². The number of fused-ring (bicyclic) bond motifs is 5. The number of hydrogen-bond donors (Lipinski definition) is 2. The van der Waals surface area contributed by atoms with Gasteiger partial charge in [0.1, 0.15) is 0 Å². The van der Waals surface area contributed by atoms with Crippen molar-refractivity contribution in [3.63, 3.8) is 0 Å². The van der Waals surface area contributed by atoms with Crippen molar-refractivity contribution in [3.8, 4) is 0 Å². The summed E-state index contributed by atoms with van der Waals surface area (Å²) in [7, 11) is 0. The van der Waals surface area contributed by atoms with E-state index in [2.05, 4.69) is 19.2 Å². The molecule has 5 nitrogen and oxygen atoms in total. The molecule has 1 saturated heterocycles. The highest BCUT2D eigenvalue weighted by molar-refractivity contribution is 5.78. The van der Waals surface area contributed by atoms with Crippen LogP contribution in [0.3, 0.4) is 0 Å². The van der Waals surface area contributed by atoms with Gasteiger partial charge in [0.25, 0.3) is 0 Å². The Balaban J connectivity index is 1.73. The molecule has 0 aromatic carbocycles. The van der Waals surface area contributed by atoms with Gasteiger partial charge in [-0.3, -0.25) is 9.59 Å². The lowest BCUT2D eigenvalue weighted by Gasteiger charge is -2.61. The minimum atomic E-state index is -0.257. The molecule has 0 aromatic rings. The third kappa shape index (κ3) is 2.45. The minimum Gasteiger partial charge on any atom is -0.466 e. The van der Waals surface area contributed by atoms with E-state index in [1.54, 1.807) is 0 Å².